The topological polar surface area (TPSA) is 35.5 Å². The molecule has 0 aliphatic carbocycles. The minimum atomic E-state index is -0.322. The summed E-state index contributed by atoms with van der Waals surface area (Å²) in [6.45, 7) is 6.63. The molecule has 1 heterocycles. The van der Waals surface area contributed by atoms with Crippen molar-refractivity contribution in [1.82, 2.24) is 0 Å². The smallest absolute Gasteiger partial charge is 0.337 e. The Bertz CT molecular complexity index is 741. The van der Waals surface area contributed by atoms with Gasteiger partial charge in [0.25, 0.3) is 0 Å². The van der Waals surface area contributed by atoms with Crippen molar-refractivity contribution in [2.45, 2.75) is 38.7 Å². The second-order valence-corrected chi connectivity index (χ2v) is 7.00. The van der Waals surface area contributed by atoms with E-state index in [4.69, 9.17) is 9.47 Å². The number of carbonyl (C=O) groups is 1. The maximum absolute atomic E-state index is 11.7. The number of carbonyl (C=O) groups excluding carboxylic acids is 1. The fraction of sp³-hybridized carbons (Fsp3) is 0.350. The van der Waals surface area contributed by atoms with Gasteiger partial charge in [-0.3, -0.25) is 0 Å². The van der Waals surface area contributed by atoms with E-state index < -0.39 is 0 Å². The molecule has 0 saturated heterocycles. The summed E-state index contributed by atoms with van der Waals surface area (Å²) in [6, 6.07) is 13.9. The van der Waals surface area contributed by atoms with Gasteiger partial charge in [0.15, 0.2) is 0 Å². The molecule has 0 bridgehead atoms. The summed E-state index contributed by atoms with van der Waals surface area (Å²) in [6.07, 6.45) is 0.772. The van der Waals surface area contributed by atoms with E-state index in [0.717, 1.165) is 17.7 Å². The van der Waals surface area contributed by atoms with Crippen molar-refractivity contribution in [1.29, 1.82) is 0 Å². The first-order valence-electron chi connectivity index (χ1n) is 7.87. The van der Waals surface area contributed by atoms with Crippen LogP contribution in [-0.4, -0.2) is 13.1 Å². The van der Waals surface area contributed by atoms with Gasteiger partial charge in [0, 0.05) is 6.42 Å². The molecule has 0 radical (unpaired) electrons. The van der Waals surface area contributed by atoms with Crippen LogP contribution >= 0.6 is 0 Å². The Kier molecular flexibility index (Phi) is 3.88. The molecule has 23 heavy (non-hydrogen) atoms. The predicted molar refractivity (Wildman–Crippen MR) is 90.0 cm³/mol. The molecule has 0 saturated carbocycles. The highest BCUT2D eigenvalue weighted by Gasteiger charge is 2.26. The molecule has 3 rings (SSSR count). The number of fused-ring (bicyclic) bond motifs is 1. The van der Waals surface area contributed by atoms with Crippen LogP contribution in [0.25, 0.3) is 0 Å². The van der Waals surface area contributed by atoms with Crippen molar-refractivity contribution in [3.8, 4) is 5.75 Å². The van der Waals surface area contributed by atoms with Crippen molar-refractivity contribution in [3.05, 3.63) is 64.7 Å². The average molecular weight is 310 g/mol. The van der Waals surface area contributed by atoms with E-state index in [2.05, 4.69) is 39.0 Å². The van der Waals surface area contributed by atoms with Crippen LogP contribution in [0.5, 0.6) is 5.75 Å². The van der Waals surface area contributed by atoms with Crippen molar-refractivity contribution in [3.63, 3.8) is 0 Å². The molecule has 120 valence electrons. The van der Waals surface area contributed by atoms with Crippen LogP contribution in [-0.2, 0) is 16.6 Å². The van der Waals surface area contributed by atoms with Gasteiger partial charge in [-0.15, -0.1) is 0 Å². The fourth-order valence-corrected chi connectivity index (χ4v) is 2.88. The molecule has 1 aliphatic rings. The fourth-order valence-electron chi connectivity index (χ4n) is 2.88. The number of esters is 1. The normalized spacial score (nSPS) is 16.6. The van der Waals surface area contributed by atoms with Gasteiger partial charge in [-0.25, -0.2) is 4.79 Å². The first-order valence-corrected chi connectivity index (χ1v) is 7.87. The van der Waals surface area contributed by atoms with Crippen molar-refractivity contribution in [2.24, 2.45) is 0 Å². The Labute approximate surface area is 137 Å². The van der Waals surface area contributed by atoms with Crippen LogP contribution in [0, 0.1) is 0 Å². The van der Waals surface area contributed by atoms with E-state index in [9.17, 15) is 4.79 Å². The van der Waals surface area contributed by atoms with Gasteiger partial charge in [-0.05, 0) is 40.3 Å². The highest BCUT2D eigenvalue weighted by molar-refractivity contribution is 5.89. The maximum atomic E-state index is 11.7. The summed E-state index contributed by atoms with van der Waals surface area (Å²) in [5.74, 6) is 0.615. The molecule has 0 aromatic heterocycles. The van der Waals surface area contributed by atoms with Gasteiger partial charge in [0.05, 0.1) is 12.7 Å². The Morgan fingerprint density at radius 1 is 1.17 bits per heavy atom. The standard InChI is InChI=1S/C20H22O3/c1-20(2,3)16-8-9-17-15(11-16)12-18(23-17)13-6-5-7-14(10-13)19(21)22-4/h5-11,18H,12H2,1-4H3. The number of hydrogen-bond acceptors (Lipinski definition) is 3. The van der Waals surface area contributed by atoms with Gasteiger partial charge < -0.3 is 9.47 Å². The molecule has 0 amide bonds. The summed E-state index contributed by atoms with van der Waals surface area (Å²) in [7, 11) is 1.39. The van der Waals surface area contributed by atoms with Crippen LogP contribution in [0.4, 0.5) is 0 Å². The summed E-state index contributed by atoms with van der Waals surface area (Å²) in [4.78, 5) is 11.7. The van der Waals surface area contributed by atoms with Crippen LogP contribution in [0.3, 0.4) is 0 Å². The van der Waals surface area contributed by atoms with Crippen LogP contribution in [0.2, 0.25) is 0 Å². The Morgan fingerprint density at radius 3 is 2.65 bits per heavy atom. The highest BCUT2D eigenvalue weighted by Crippen LogP contribution is 2.39. The number of hydrogen-bond donors (Lipinski definition) is 0. The summed E-state index contributed by atoms with van der Waals surface area (Å²) >= 11 is 0. The second-order valence-electron chi connectivity index (χ2n) is 7.00. The molecule has 2 aromatic carbocycles. The van der Waals surface area contributed by atoms with E-state index in [0.29, 0.717) is 5.56 Å². The van der Waals surface area contributed by atoms with E-state index in [1.165, 1.54) is 18.2 Å². The van der Waals surface area contributed by atoms with Gasteiger partial charge in [0.2, 0.25) is 0 Å². The predicted octanol–water partition coefficient (Wildman–Crippen LogP) is 4.45. The summed E-state index contributed by atoms with van der Waals surface area (Å²) < 4.78 is 10.9. The lowest BCUT2D eigenvalue weighted by Crippen LogP contribution is -2.10. The molecular formula is C20H22O3. The molecule has 0 N–H and O–H groups in total. The number of methoxy groups -OCH3 is 1. The second kappa shape index (κ2) is 5.73. The molecular weight excluding hydrogens is 288 g/mol. The molecule has 1 atom stereocenters. The van der Waals surface area contributed by atoms with Gasteiger partial charge >= 0.3 is 5.97 Å². The molecule has 3 nitrogen and oxygen atoms in total. The first-order chi connectivity index (χ1) is 10.9. The summed E-state index contributed by atoms with van der Waals surface area (Å²) in [5, 5.41) is 0. The Morgan fingerprint density at radius 2 is 1.96 bits per heavy atom. The van der Waals surface area contributed by atoms with E-state index in [1.807, 2.05) is 18.2 Å². The van der Waals surface area contributed by atoms with Crippen LogP contribution in [0.1, 0.15) is 53.9 Å². The van der Waals surface area contributed by atoms with E-state index >= 15 is 0 Å². The zero-order valence-corrected chi connectivity index (χ0v) is 14.1. The molecule has 0 spiro atoms. The van der Waals surface area contributed by atoms with Gasteiger partial charge in [0.1, 0.15) is 11.9 Å². The zero-order chi connectivity index (χ0) is 16.6. The largest absolute Gasteiger partial charge is 0.485 e. The quantitative estimate of drug-likeness (QED) is 0.769. The van der Waals surface area contributed by atoms with Crippen LogP contribution in [0.15, 0.2) is 42.5 Å². The number of ether oxygens (including phenoxy) is 2. The molecule has 1 unspecified atom stereocenters. The summed E-state index contributed by atoms with van der Waals surface area (Å²) in [5.41, 5.74) is 4.22. The van der Waals surface area contributed by atoms with E-state index in [1.54, 1.807) is 6.07 Å². The zero-order valence-electron chi connectivity index (χ0n) is 14.1. The van der Waals surface area contributed by atoms with Crippen LogP contribution < -0.4 is 4.74 Å². The van der Waals surface area contributed by atoms with Gasteiger partial charge in [-0.2, -0.15) is 0 Å². The Hall–Kier alpha value is -2.29. The van der Waals surface area contributed by atoms with Crippen molar-refractivity contribution >= 4 is 5.97 Å². The Balaban J connectivity index is 1.86. The molecule has 0 fully saturated rings. The lowest BCUT2D eigenvalue weighted by molar-refractivity contribution is 0.0600. The third-order valence-electron chi connectivity index (χ3n) is 4.28. The van der Waals surface area contributed by atoms with Crippen molar-refractivity contribution < 1.29 is 14.3 Å². The molecule has 3 heteroatoms. The van der Waals surface area contributed by atoms with E-state index in [-0.39, 0.29) is 17.5 Å². The van der Waals surface area contributed by atoms with Gasteiger partial charge in [-0.1, -0.05) is 45.0 Å². The van der Waals surface area contributed by atoms with Crippen molar-refractivity contribution in [2.75, 3.05) is 7.11 Å². The third kappa shape index (κ3) is 3.09. The molecule has 2 aromatic rings. The first kappa shape index (κ1) is 15.6. The maximum Gasteiger partial charge on any atom is 0.337 e. The SMILES string of the molecule is COC(=O)c1cccc(C2Cc3cc(C(C)(C)C)ccc3O2)c1. The number of rotatable bonds is 2. The average Bonchev–Trinajstić information content (AvgIpc) is 2.96. The third-order valence-corrected chi connectivity index (χ3v) is 4.28. The molecule has 1 aliphatic heterocycles. The minimum absolute atomic E-state index is 0.0511. The monoisotopic (exact) mass is 310 g/mol. The minimum Gasteiger partial charge on any atom is -0.485 e. The lowest BCUT2D eigenvalue weighted by Gasteiger charge is -2.19. The lowest BCUT2D eigenvalue weighted by atomic mass is 9.85. The number of benzene rings is 2. The highest BCUT2D eigenvalue weighted by atomic mass is 16.5.